The fourth-order valence-electron chi connectivity index (χ4n) is 2.65. The smallest absolute Gasteiger partial charge is 0.119 e. The molecule has 0 bridgehead atoms. The molecule has 19 heavy (non-hydrogen) atoms. The van der Waals surface area contributed by atoms with Gasteiger partial charge in [0, 0.05) is 0 Å². The van der Waals surface area contributed by atoms with Crippen LogP contribution in [0.3, 0.4) is 0 Å². The summed E-state index contributed by atoms with van der Waals surface area (Å²) in [7, 11) is 1.72. The van der Waals surface area contributed by atoms with Crippen LogP contribution in [0.2, 0.25) is 0 Å². The van der Waals surface area contributed by atoms with Crippen molar-refractivity contribution in [2.75, 3.05) is 7.11 Å². The third-order valence-corrected chi connectivity index (χ3v) is 3.70. The van der Waals surface area contributed by atoms with Gasteiger partial charge in [-0.2, -0.15) is 0 Å². The van der Waals surface area contributed by atoms with E-state index in [-0.39, 0.29) is 0 Å². The molecule has 0 spiro atoms. The number of hydrogen-bond donors (Lipinski definition) is 0. The predicted octanol–water partition coefficient (Wildman–Crippen LogP) is 4.27. The first-order chi connectivity index (χ1) is 9.35. The molecule has 0 radical (unpaired) electrons. The van der Waals surface area contributed by atoms with Gasteiger partial charge in [0.1, 0.15) is 5.75 Å². The highest BCUT2D eigenvalue weighted by molar-refractivity contribution is 5.62. The van der Waals surface area contributed by atoms with Gasteiger partial charge in [-0.15, -0.1) is 0 Å². The Morgan fingerprint density at radius 2 is 1.84 bits per heavy atom. The average molecular weight is 250 g/mol. The molecule has 0 unspecified atom stereocenters. The van der Waals surface area contributed by atoms with Crippen LogP contribution >= 0.6 is 0 Å². The van der Waals surface area contributed by atoms with E-state index in [4.69, 9.17) is 4.74 Å². The maximum absolute atomic E-state index is 5.30. The quantitative estimate of drug-likeness (QED) is 0.790. The Hall–Kier alpha value is -2.02. The number of methoxy groups -OCH3 is 1. The normalized spacial score (nSPS) is 13.6. The van der Waals surface area contributed by atoms with Crippen molar-refractivity contribution in [1.29, 1.82) is 0 Å². The van der Waals surface area contributed by atoms with E-state index in [1.807, 2.05) is 0 Å². The van der Waals surface area contributed by atoms with Crippen molar-refractivity contribution in [2.45, 2.75) is 19.3 Å². The number of ether oxygens (including phenoxy) is 1. The van der Waals surface area contributed by atoms with Gasteiger partial charge in [0.15, 0.2) is 0 Å². The SMILES string of the molecule is COc1ccc2c(c1)C=C(Cc1ccccc1)CC2. The van der Waals surface area contributed by atoms with Crippen molar-refractivity contribution in [2.24, 2.45) is 0 Å². The van der Waals surface area contributed by atoms with Crippen molar-refractivity contribution in [3.8, 4) is 5.75 Å². The van der Waals surface area contributed by atoms with Crippen LogP contribution in [0.4, 0.5) is 0 Å². The van der Waals surface area contributed by atoms with Crippen LogP contribution in [0, 0.1) is 0 Å². The molecule has 0 amide bonds. The van der Waals surface area contributed by atoms with Gasteiger partial charge in [-0.05, 0) is 48.1 Å². The summed E-state index contributed by atoms with van der Waals surface area (Å²) in [6.45, 7) is 0. The second-order valence-electron chi connectivity index (χ2n) is 5.03. The summed E-state index contributed by atoms with van der Waals surface area (Å²) in [4.78, 5) is 0. The van der Waals surface area contributed by atoms with Gasteiger partial charge in [0.05, 0.1) is 7.11 Å². The highest BCUT2D eigenvalue weighted by Gasteiger charge is 2.11. The van der Waals surface area contributed by atoms with Crippen molar-refractivity contribution < 1.29 is 4.74 Å². The summed E-state index contributed by atoms with van der Waals surface area (Å²) in [5.74, 6) is 0.941. The molecule has 2 aromatic rings. The fraction of sp³-hybridized carbons (Fsp3) is 0.222. The number of allylic oxidation sites excluding steroid dienone is 1. The van der Waals surface area contributed by atoms with Crippen LogP contribution in [-0.4, -0.2) is 7.11 Å². The second-order valence-corrected chi connectivity index (χ2v) is 5.03. The Labute approximate surface area is 114 Å². The highest BCUT2D eigenvalue weighted by Crippen LogP contribution is 2.28. The second kappa shape index (κ2) is 5.31. The van der Waals surface area contributed by atoms with E-state index in [2.05, 4.69) is 54.6 Å². The number of hydrogen-bond acceptors (Lipinski definition) is 1. The molecule has 96 valence electrons. The molecule has 1 aliphatic carbocycles. The first kappa shape index (κ1) is 12.0. The standard InChI is InChI=1S/C18H18O/c1-19-18-10-9-16-8-7-15(12-17(16)13-18)11-14-5-3-2-4-6-14/h2-6,9-10,12-13H,7-8,11H2,1H3. The molecule has 2 aromatic carbocycles. The maximum atomic E-state index is 5.30. The van der Waals surface area contributed by atoms with E-state index in [1.165, 1.54) is 22.3 Å². The molecule has 0 saturated heterocycles. The van der Waals surface area contributed by atoms with E-state index in [0.29, 0.717) is 0 Å². The van der Waals surface area contributed by atoms with Gasteiger partial charge in [-0.3, -0.25) is 0 Å². The number of fused-ring (bicyclic) bond motifs is 1. The van der Waals surface area contributed by atoms with Gasteiger partial charge in [0.2, 0.25) is 0 Å². The van der Waals surface area contributed by atoms with Crippen LogP contribution in [-0.2, 0) is 12.8 Å². The van der Waals surface area contributed by atoms with Crippen LogP contribution in [0.15, 0.2) is 54.1 Å². The third kappa shape index (κ3) is 2.70. The summed E-state index contributed by atoms with van der Waals surface area (Å²) in [5.41, 5.74) is 5.64. The molecular formula is C18H18O. The molecular weight excluding hydrogens is 232 g/mol. The summed E-state index contributed by atoms with van der Waals surface area (Å²) in [5, 5.41) is 0. The first-order valence-electron chi connectivity index (χ1n) is 6.75. The minimum Gasteiger partial charge on any atom is -0.497 e. The van der Waals surface area contributed by atoms with Gasteiger partial charge < -0.3 is 4.74 Å². The van der Waals surface area contributed by atoms with Crippen molar-refractivity contribution in [3.05, 3.63) is 70.8 Å². The molecule has 0 aliphatic heterocycles. The van der Waals surface area contributed by atoms with E-state index >= 15 is 0 Å². The number of rotatable bonds is 3. The third-order valence-electron chi connectivity index (χ3n) is 3.70. The fourth-order valence-corrected chi connectivity index (χ4v) is 2.65. The highest BCUT2D eigenvalue weighted by atomic mass is 16.5. The van der Waals surface area contributed by atoms with Gasteiger partial charge in [0.25, 0.3) is 0 Å². The Bertz CT molecular complexity index is 596. The molecule has 0 heterocycles. The van der Waals surface area contributed by atoms with Gasteiger partial charge >= 0.3 is 0 Å². The van der Waals surface area contributed by atoms with E-state index < -0.39 is 0 Å². The van der Waals surface area contributed by atoms with Gasteiger partial charge in [-0.1, -0.05) is 48.0 Å². The molecule has 1 nitrogen and oxygen atoms in total. The Morgan fingerprint density at radius 1 is 1.00 bits per heavy atom. The molecule has 0 saturated carbocycles. The lowest BCUT2D eigenvalue weighted by molar-refractivity contribution is 0.414. The van der Waals surface area contributed by atoms with E-state index in [1.54, 1.807) is 7.11 Å². The zero-order valence-corrected chi connectivity index (χ0v) is 11.2. The lowest BCUT2D eigenvalue weighted by Crippen LogP contribution is -2.02. The molecule has 1 heteroatoms. The first-order valence-corrected chi connectivity index (χ1v) is 6.75. The van der Waals surface area contributed by atoms with Crippen molar-refractivity contribution in [1.82, 2.24) is 0 Å². The summed E-state index contributed by atoms with van der Waals surface area (Å²) in [6, 6.07) is 17.0. The van der Waals surface area contributed by atoms with Crippen LogP contribution in [0.25, 0.3) is 6.08 Å². The summed E-state index contributed by atoms with van der Waals surface area (Å²) >= 11 is 0. The molecule has 0 atom stereocenters. The zero-order valence-electron chi connectivity index (χ0n) is 11.2. The predicted molar refractivity (Wildman–Crippen MR) is 79.4 cm³/mol. The topological polar surface area (TPSA) is 9.23 Å². The average Bonchev–Trinajstić information content (AvgIpc) is 2.47. The summed E-state index contributed by atoms with van der Waals surface area (Å²) < 4.78 is 5.30. The molecule has 0 N–H and O–H groups in total. The minimum absolute atomic E-state index is 0.941. The number of aryl methyl sites for hydroxylation is 1. The molecule has 0 aromatic heterocycles. The molecule has 0 fully saturated rings. The Balaban J connectivity index is 1.86. The Morgan fingerprint density at radius 3 is 2.63 bits per heavy atom. The molecule has 1 aliphatic rings. The van der Waals surface area contributed by atoms with Crippen LogP contribution in [0.5, 0.6) is 5.75 Å². The zero-order chi connectivity index (χ0) is 13.1. The molecule has 3 rings (SSSR count). The van der Waals surface area contributed by atoms with E-state index in [0.717, 1.165) is 25.0 Å². The van der Waals surface area contributed by atoms with Crippen molar-refractivity contribution in [3.63, 3.8) is 0 Å². The van der Waals surface area contributed by atoms with Crippen LogP contribution < -0.4 is 4.74 Å². The van der Waals surface area contributed by atoms with Crippen molar-refractivity contribution >= 4 is 6.08 Å². The minimum atomic E-state index is 0.941. The monoisotopic (exact) mass is 250 g/mol. The summed E-state index contributed by atoms with van der Waals surface area (Å²) in [6.07, 6.45) is 5.68. The van der Waals surface area contributed by atoms with Gasteiger partial charge in [-0.25, -0.2) is 0 Å². The van der Waals surface area contributed by atoms with Crippen LogP contribution in [0.1, 0.15) is 23.1 Å². The largest absolute Gasteiger partial charge is 0.497 e. The number of benzene rings is 2. The lowest BCUT2D eigenvalue weighted by Gasteiger charge is -2.17. The Kier molecular flexibility index (Phi) is 3.37. The van der Waals surface area contributed by atoms with E-state index in [9.17, 15) is 0 Å². The lowest BCUT2D eigenvalue weighted by atomic mass is 9.89. The maximum Gasteiger partial charge on any atom is 0.119 e.